The number of ether oxygens (including phenoxy) is 2. The predicted octanol–water partition coefficient (Wildman–Crippen LogP) is 3.87. The lowest BCUT2D eigenvalue weighted by molar-refractivity contribution is -0.127. The van der Waals surface area contributed by atoms with E-state index in [1.54, 1.807) is 0 Å². The van der Waals surface area contributed by atoms with Crippen LogP contribution < -0.4 is 4.90 Å². The van der Waals surface area contributed by atoms with Crippen molar-refractivity contribution in [3.8, 4) is 0 Å². The topological polar surface area (TPSA) is 62.3 Å². The molecule has 1 atom stereocenters. The van der Waals surface area contributed by atoms with E-state index in [0.29, 0.717) is 31.8 Å². The molecule has 5 rings (SSSR count). The fraction of sp³-hybridized carbons (Fsp3) is 0.704. The molecule has 4 heterocycles. The van der Waals surface area contributed by atoms with E-state index in [0.717, 1.165) is 76.8 Å². The van der Waals surface area contributed by atoms with Crippen LogP contribution in [0.15, 0.2) is 18.2 Å². The van der Waals surface area contributed by atoms with Gasteiger partial charge in [0.15, 0.2) is 0 Å². The number of aryl methyl sites for hydroxylation is 1. The summed E-state index contributed by atoms with van der Waals surface area (Å²) in [4.78, 5) is 32.7. The smallest absolute Gasteiger partial charge is 0.409 e. The normalized spacial score (nSPS) is 25.9. The van der Waals surface area contributed by atoms with Gasteiger partial charge in [0.1, 0.15) is 0 Å². The minimum absolute atomic E-state index is 0.176. The molecule has 0 bridgehead atoms. The average Bonchev–Trinajstić information content (AvgIpc) is 3.02. The van der Waals surface area contributed by atoms with Crippen LogP contribution in [0.2, 0.25) is 0 Å². The molecule has 0 aliphatic carbocycles. The third kappa shape index (κ3) is 4.22. The van der Waals surface area contributed by atoms with E-state index >= 15 is 0 Å². The number of carbonyl (C=O) groups is 2. The van der Waals surface area contributed by atoms with Crippen LogP contribution in [0.1, 0.15) is 63.0 Å². The Hall–Kier alpha value is -2.12. The molecule has 4 aliphatic heterocycles. The molecular formula is C27H39N3O4. The second-order valence-corrected chi connectivity index (χ2v) is 10.4. The van der Waals surface area contributed by atoms with E-state index < -0.39 is 5.41 Å². The summed E-state index contributed by atoms with van der Waals surface area (Å²) in [5.41, 5.74) is 3.19. The van der Waals surface area contributed by atoms with E-state index in [1.165, 1.54) is 11.1 Å². The van der Waals surface area contributed by atoms with Crippen molar-refractivity contribution < 1.29 is 19.1 Å². The van der Waals surface area contributed by atoms with Gasteiger partial charge in [-0.15, -0.1) is 0 Å². The summed E-state index contributed by atoms with van der Waals surface area (Å²) in [6.45, 7) is 9.31. The molecule has 1 aromatic rings. The number of anilines is 1. The van der Waals surface area contributed by atoms with Crippen LogP contribution in [0, 0.1) is 6.92 Å². The van der Waals surface area contributed by atoms with Crippen molar-refractivity contribution in [2.75, 3.05) is 50.9 Å². The van der Waals surface area contributed by atoms with Crippen LogP contribution in [0.5, 0.6) is 0 Å². The molecule has 2 amide bonds. The SMILES string of the molecule is CCOC(=O)N1CCCC(N2CCC(N3C(=O)C4(CCOCC4)c4cc(C)ccc43)CC2)CC1. The molecule has 0 saturated carbocycles. The summed E-state index contributed by atoms with van der Waals surface area (Å²) < 4.78 is 10.9. The number of fused-ring (bicyclic) bond motifs is 2. The second-order valence-electron chi connectivity index (χ2n) is 10.4. The van der Waals surface area contributed by atoms with Crippen LogP contribution >= 0.6 is 0 Å². The predicted molar refractivity (Wildman–Crippen MR) is 131 cm³/mol. The third-order valence-electron chi connectivity index (χ3n) is 8.51. The molecule has 0 aromatic heterocycles. The number of carbonyl (C=O) groups excluding carboxylic acids is 2. The highest BCUT2D eigenvalue weighted by molar-refractivity contribution is 6.08. The zero-order valence-corrected chi connectivity index (χ0v) is 20.8. The van der Waals surface area contributed by atoms with Crippen molar-refractivity contribution >= 4 is 17.7 Å². The number of rotatable bonds is 3. The average molecular weight is 470 g/mol. The summed E-state index contributed by atoms with van der Waals surface area (Å²) in [7, 11) is 0. The first-order valence-electron chi connectivity index (χ1n) is 13.2. The molecule has 7 heteroatoms. The number of piperidine rings is 1. The Morgan fingerprint density at radius 1 is 1.06 bits per heavy atom. The molecule has 1 spiro atoms. The Morgan fingerprint density at radius 3 is 2.53 bits per heavy atom. The van der Waals surface area contributed by atoms with Crippen molar-refractivity contribution in [1.29, 1.82) is 0 Å². The maximum Gasteiger partial charge on any atom is 0.409 e. The lowest BCUT2D eigenvalue weighted by Crippen LogP contribution is -2.52. The molecule has 4 aliphatic rings. The number of likely N-dealkylation sites (tertiary alicyclic amines) is 2. The monoisotopic (exact) mass is 469 g/mol. The minimum Gasteiger partial charge on any atom is -0.450 e. The van der Waals surface area contributed by atoms with E-state index in [2.05, 4.69) is 34.9 Å². The van der Waals surface area contributed by atoms with Crippen LogP contribution in [-0.4, -0.2) is 79.9 Å². The van der Waals surface area contributed by atoms with Gasteiger partial charge in [-0.3, -0.25) is 4.79 Å². The first kappa shape index (κ1) is 23.6. The van der Waals surface area contributed by atoms with Gasteiger partial charge in [0.05, 0.1) is 12.0 Å². The van der Waals surface area contributed by atoms with Crippen LogP contribution in [0.4, 0.5) is 10.5 Å². The zero-order chi connectivity index (χ0) is 23.7. The molecule has 0 radical (unpaired) electrons. The van der Waals surface area contributed by atoms with Crippen molar-refractivity contribution in [3.05, 3.63) is 29.3 Å². The van der Waals surface area contributed by atoms with E-state index in [-0.39, 0.29) is 12.1 Å². The van der Waals surface area contributed by atoms with Gasteiger partial charge in [0, 0.05) is 57.2 Å². The van der Waals surface area contributed by atoms with Gasteiger partial charge >= 0.3 is 6.09 Å². The fourth-order valence-electron chi connectivity index (χ4n) is 6.61. The Balaban J connectivity index is 1.25. The van der Waals surface area contributed by atoms with Crippen molar-refractivity contribution in [3.63, 3.8) is 0 Å². The van der Waals surface area contributed by atoms with E-state index in [9.17, 15) is 9.59 Å². The number of nitrogens with zero attached hydrogens (tertiary/aromatic N) is 3. The molecule has 34 heavy (non-hydrogen) atoms. The third-order valence-corrected chi connectivity index (χ3v) is 8.51. The van der Waals surface area contributed by atoms with Gasteiger partial charge in [0.25, 0.3) is 0 Å². The highest BCUT2D eigenvalue weighted by Gasteiger charge is 2.53. The number of amides is 2. The summed E-state index contributed by atoms with van der Waals surface area (Å²) in [5.74, 6) is 0.300. The molecule has 3 saturated heterocycles. The van der Waals surface area contributed by atoms with Gasteiger partial charge < -0.3 is 24.2 Å². The second kappa shape index (κ2) is 9.86. The Kier molecular flexibility index (Phi) is 6.85. The quantitative estimate of drug-likeness (QED) is 0.673. The first-order chi connectivity index (χ1) is 16.5. The summed E-state index contributed by atoms with van der Waals surface area (Å²) in [5, 5.41) is 0. The van der Waals surface area contributed by atoms with Crippen molar-refractivity contribution in [2.24, 2.45) is 0 Å². The first-order valence-corrected chi connectivity index (χ1v) is 13.2. The van der Waals surface area contributed by atoms with Gasteiger partial charge in [0.2, 0.25) is 5.91 Å². The minimum atomic E-state index is -0.394. The fourth-order valence-corrected chi connectivity index (χ4v) is 6.61. The zero-order valence-electron chi connectivity index (χ0n) is 20.8. The number of benzene rings is 1. The molecule has 1 aromatic carbocycles. The number of hydrogen-bond acceptors (Lipinski definition) is 5. The maximum absolute atomic E-state index is 13.9. The highest BCUT2D eigenvalue weighted by atomic mass is 16.6. The molecule has 1 unspecified atom stereocenters. The summed E-state index contributed by atoms with van der Waals surface area (Å²) in [6, 6.07) is 7.33. The summed E-state index contributed by atoms with van der Waals surface area (Å²) in [6.07, 6.45) is 6.54. The van der Waals surface area contributed by atoms with Crippen LogP contribution in [0.3, 0.4) is 0 Å². The maximum atomic E-state index is 13.9. The molecule has 186 valence electrons. The summed E-state index contributed by atoms with van der Waals surface area (Å²) >= 11 is 0. The van der Waals surface area contributed by atoms with Crippen molar-refractivity contribution in [2.45, 2.75) is 76.3 Å². The van der Waals surface area contributed by atoms with E-state index in [4.69, 9.17) is 9.47 Å². The van der Waals surface area contributed by atoms with Crippen molar-refractivity contribution in [1.82, 2.24) is 9.80 Å². The van der Waals surface area contributed by atoms with Crippen LogP contribution in [0.25, 0.3) is 0 Å². The Labute approximate surface area is 203 Å². The largest absolute Gasteiger partial charge is 0.450 e. The van der Waals surface area contributed by atoms with Gasteiger partial charge in [-0.2, -0.15) is 0 Å². The lowest BCUT2D eigenvalue weighted by Gasteiger charge is -2.41. The number of hydrogen-bond donors (Lipinski definition) is 0. The molecule has 7 nitrogen and oxygen atoms in total. The highest BCUT2D eigenvalue weighted by Crippen LogP contribution is 2.49. The lowest BCUT2D eigenvalue weighted by atomic mass is 9.75. The van der Waals surface area contributed by atoms with Gasteiger partial charge in [-0.25, -0.2) is 4.79 Å². The Morgan fingerprint density at radius 2 is 1.79 bits per heavy atom. The molecule has 0 N–H and O–H groups in total. The van der Waals surface area contributed by atoms with Gasteiger partial charge in [-0.05, 0) is 70.4 Å². The van der Waals surface area contributed by atoms with Gasteiger partial charge in [-0.1, -0.05) is 17.7 Å². The molecule has 3 fully saturated rings. The van der Waals surface area contributed by atoms with Crippen LogP contribution in [-0.2, 0) is 19.7 Å². The van der Waals surface area contributed by atoms with E-state index in [1.807, 2.05) is 11.8 Å². The standard InChI is InChI=1S/C27H39N3O4/c1-3-34-26(32)29-13-4-5-21(8-16-29)28-14-9-22(10-15-28)30-24-7-6-20(2)19-23(24)27(25(30)31)11-17-33-18-12-27/h6-7,19,21-22H,3-5,8-18H2,1-2H3. The Bertz CT molecular complexity index is 905. The molecular weight excluding hydrogens is 430 g/mol.